The average molecular weight is 212 g/mol. The van der Waals surface area contributed by atoms with E-state index in [-0.39, 0.29) is 24.6 Å². The summed E-state index contributed by atoms with van der Waals surface area (Å²) in [6, 6.07) is 0.00598. The first-order valence-corrected chi connectivity index (χ1v) is 5.45. The third-order valence-corrected chi connectivity index (χ3v) is 2.75. The first kappa shape index (κ1) is 12.2. The highest BCUT2D eigenvalue weighted by atomic mass is 16.3. The van der Waals surface area contributed by atoms with Crippen molar-refractivity contribution in [1.29, 1.82) is 0 Å². The van der Waals surface area contributed by atoms with E-state index < -0.39 is 0 Å². The lowest BCUT2D eigenvalue weighted by Crippen LogP contribution is -2.45. The highest BCUT2D eigenvalue weighted by Gasteiger charge is 2.28. The fraction of sp³-hybridized carbons (Fsp3) is 0.727. The molecule has 1 fully saturated rings. The monoisotopic (exact) mass is 212 g/mol. The maximum absolute atomic E-state index is 11.8. The Bertz CT molecular complexity index is 231. The maximum atomic E-state index is 11.8. The van der Waals surface area contributed by atoms with Crippen LogP contribution >= 0.6 is 0 Å². The van der Waals surface area contributed by atoms with Crippen molar-refractivity contribution in [3.05, 3.63) is 12.7 Å². The van der Waals surface area contributed by atoms with Crippen LogP contribution in [0.5, 0.6) is 0 Å². The summed E-state index contributed by atoms with van der Waals surface area (Å²) in [6.07, 6.45) is 3.24. The Kier molecular flexibility index (Phi) is 4.78. The number of hydrogen-bond acceptors (Lipinski definition) is 3. The van der Waals surface area contributed by atoms with Crippen LogP contribution in [0.2, 0.25) is 0 Å². The highest BCUT2D eigenvalue weighted by molar-refractivity contribution is 5.82. The predicted octanol–water partition coefficient (Wildman–Crippen LogP) is 0.134. The molecule has 0 aliphatic carbocycles. The summed E-state index contributed by atoms with van der Waals surface area (Å²) in [5.41, 5.74) is 0. The fourth-order valence-corrected chi connectivity index (χ4v) is 1.91. The van der Waals surface area contributed by atoms with E-state index in [1.807, 2.05) is 6.92 Å². The molecule has 2 unspecified atom stereocenters. The largest absolute Gasteiger partial charge is 0.396 e. The number of carbonyl (C=O) groups excluding carboxylic acids is 1. The van der Waals surface area contributed by atoms with Gasteiger partial charge in [-0.1, -0.05) is 6.08 Å². The summed E-state index contributed by atoms with van der Waals surface area (Å²) in [5.74, 6) is 0.0240. The number of aliphatic hydroxyl groups is 1. The molecule has 15 heavy (non-hydrogen) atoms. The number of amides is 1. The van der Waals surface area contributed by atoms with E-state index >= 15 is 0 Å². The van der Waals surface area contributed by atoms with Gasteiger partial charge >= 0.3 is 0 Å². The van der Waals surface area contributed by atoms with Gasteiger partial charge < -0.3 is 10.4 Å². The Morgan fingerprint density at radius 2 is 2.47 bits per heavy atom. The third-order valence-electron chi connectivity index (χ3n) is 2.75. The Labute approximate surface area is 91.0 Å². The molecular formula is C11H20N2O2. The quantitative estimate of drug-likeness (QED) is 0.651. The Hall–Kier alpha value is -0.870. The molecule has 1 amide bonds. The molecule has 1 aliphatic heterocycles. The summed E-state index contributed by atoms with van der Waals surface area (Å²) in [5, 5.41) is 11.9. The van der Waals surface area contributed by atoms with Crippen LogP contribution in [-0.2, 0) is 4.79 Å². The molecule has 1 saturated heterocycles. The zero-order valence-corrected chi connectivity index (χ0v) is 9.28. The minimum absolute atomic E-state index is 0.0240. The fourth-order valence-electron chi connectivity index (χ4n) is 1.91. The van der Waals surface area contributed by atoms with Crippen molar-refractivity contribution in [2.45, 2.75) is 31.8 Å². The molecule has 0 bridgehead atoms. The number of nitrogens with one attached hydrogen (secondary N) is 1. The summed E-state index contributed by atoms with van der Waals surface area (Å²) in [7, 11) is 0. The molecule has 0 aromatic carbocycles. The van der Waals surface area contributed by atoms with Crippen molar-refractivity contribution in [2.75, 3.05) is 19.7 Å². The number of rotatable bonds is 4. The van der Waals surface area contributed by atoms with Crippen LogP contribution in [-0.4, -0.2) is 47.7 Å². The molecule has 4 nitrogen and oxygen atoms in total. The normalized spacial score (nSPS) is 28.3. The highest BCUT2D eigenvalue weighted by Crippen LogP contribution is 2.11. The van der Waals surface area contributed by atoms with Gasteiger partial charge in [-0.2, -0.15) is 0 Å². The van der Waals surface area contributed by atoms with Gasteiger partial charge in [0.15, 0.2) is 0 Å². The molecule has 1 aliphatic rings. The van der Waals surface area contributed by atoms with Crippen molar-refractivity contribution in [3.63, 3.8) is 0 Å². The Morgan fingerprint density at radius 1 is 1.73 bits per heavy atom. The van der Waals surface area contributed by atoms with Gasteiger partial charge in [-0.25, -0.2) is 0 Å². The number of nitrogens with zero attached hydrogens (tertiary/aromatic N) is 1. The van der Waals surface area contributed by atoms with Crippen molar-refractivity contribution < 1.29 is 9.90 Å². The topological polar surface area (TPSA) is 52.6 Å². The Balaban J connectivity index is 2.71. The SMILES string of the molecule is C=CCN1CCC(C)NC(=O)C1CCO. The van der Waals surface area contributed by atoms with Gasteiger partial charge in [0.25, 0.3) is 0 Å². The molecule has 4 heteroatoms. The van der Waals surface area contributed by atoms with E-state index in [2.05, 4.69) is 16.8 Å². The molecule has 0 radical (unpaired) electrons. The summed E-state index contributed by atoms with van der Waals surface area (Å²) in [6.45, 7) is 7.31. The lowest BCUT2D eigenvalue weighted by atomic mass is 10.1. The first-order chi connectivity index (χ1) is 7.19. The molecule has 1 heterocycles. The van der Waals surface area contributed by atoms with Gasteiger partial charge in [0.1, 0.15) is 0 Å². The predicted molar refractivity (Wildman–Crippen MR) is 59.5 cm³/mol. The van der Waals surface area contributed by atoms with E-state index in [1.54, 1.807) is 6.08 Å². The van der Waals surface area contributed by atoms with Crippen molar-refractivity contribution in [2.24, 2.45) is 0 Å². The van der Waals surface area contributed by atoms with Crippen molar-refractivity contribution >= 4 is 5.91 Å². The molecule has 1 rings (SSSR count). The minimum atomic E-state index is -0.210. The van der Waals surface area contributed by atoms with Crippen LogP contribution in [0.25, 0.3) is 0 Å². The molecule has 0 aromatic rings. The number of hydrogen-bond donors (Lipinski definition) is 2. The van der Waals surface area contributed by atoms with Crippen molar-refractivity contribution in [1.82, 2.24) is 10.2 Å². The zero-order chi connectivity index (χ0) is 11.3. The number of carbonyl (C=O) groups is 1. The van der Waals surface area contributed by atoms with E-state index in [9.17, 15) is 4.79 Å². The first-order valence-electron chi connectivity index (χ1n) is 5.45. The van der Waals surface area contributed by atoms with E-state index in [1.165, 1.54) is 0 Å². The van der Waals surface area contributed by atoms with Crippen LogP contribution in [0.1, 0.15) is 19.8 Å². The number of aliphatic hydroxyl groups excluding tert-OH is 1. The van der Waals surface area contributed by atoms with Gasteiger partial charge in [0.05, 0.1) is 6.04 Å². The summed E-state index contributed by atoms with van der Waals surface area (Å²) < 4.78 is 0. The second kappa shape index (κ2) is 5.88. The second-order valence-electron chi connectivity index (χ2n) is 4.01. The standard InChI is InChI=1S/C11H20N2O2/c1-3-6-13-7-4-9(2)12-11(15)10(13)5-8-14/h3,9-10,14H,1,4-8H2,2H3,(H,12,15). The van der Waals surface area contributed by atoms with E-state index in [0.717, 1.165) is 13.0 Å². The van der Waals surface area contributed by atoms with E-state index in [0.29, 0.717) is 13.0 Å². The second-order valence-corrected chi connectivity index (χ2v) is 4.01. The maximum Gasteiger partial charge on any atom is 0.237 e. The lowest BCUT2D eigenvalue weighted by Gasteiger charge is -2.26. The van der Waals surface area contributed by atoms with Crippen LogP contribution < -0.4 is 5.32 Å². The van der Waals surface area contributed by atoms with Gasteiger partial charge in [-0.3, -0.25) is 9.69 Å². The third kappa shape index (κ3) is 3.32. The molecule has 0 saturated carbocycles. The molecular weight excluding hydrogens is 192 g/mol. The smallest absolute Gasteiger partial charge is 0.237 e. The van der Waals surface area contributed by atoms with Crippen LogP contribution in [0.4, 0.5) is 0 Å². The minimum Gasteiger partial charge on any atom is -0.396 e. The molecule has 0 aromatic heterocycles. The van der Waals surface area contributed by atoms with Crippen LogP contribution in [0.3, 0.4) is 0 Å². The van der Waals surface area contributed by atoms with Crippen molar-refractivity contribution in [3.8, 4) is 0 Å². The zero-order valence-electron chi connectivity index (χ0n) is 9.28. The Morgan fingerprint density at radius 3 is 3.07 bits per heavy atom. The molecule has 2 N–H and O–H groups in total. The van der Waals surface area contributed by atoms with Gasteiger partial charge in [-0.05, 0) is 19.8 Å². The lowest BCUT2D eigenvalue weighted by molar-refractivity contribution is -0.126. The van der Waals surface area contributed by atoms with Gasteiger partial charge in [0.2, 0.25) is 5.91 Å². The summed E-state index contributed by atoms with van der Waals surface area (Å²) in [4.78, 5) is 13.9. The molecule has 0 spiro atoms. The molecule has 2 atom stereocenters. The average Bonchev–Trinajstić information content (AvgIpc) is 2.31. The van der Waals surface area contributed by atoms with Gasteiger partial charge in [-0.15, -0.1) is 6.58 Å². The van der Waals surface area contributed by atoms with Crippen LogP contribution in [0.15, 0.2) is 12.7 Å². The van der Waals surface area contributed by atoms with Crippen LogP contribution in [0, 0.1) is 0 Å². The summed E-state index contributed by atoms with van der Waals surface area (Å²) >= 11 is 0. The van der Waals surface area contributed by atoms with E-state index in [4.69, 9.17) is 5.11 Å². The van der Waals surface area contributed by atoms with Gasteiger partial charge in [0, 0.05) is 25.7 Å². The molecule has 86 valence electrons.